The van der Waals surface area contributed by atoms with Gasteiger partial charge in [-0.2, -0.15) is 5.10 Å². The van der Waals surface area contributed by atoms with Crippen LogP contribution in [0.3, 0.4) is 0 Å². The number of sulfonamides is 1. The van der Waals surface area contributed by atoms with E-state index in [-0.39, 0.29) is 47.0 Å². The van der Waals surface area contributed by atoms with Crippen LogP contribution in [-0.4, -0.2) is 55.7 Å². The maximum atomic E-state index is 16.3. The minimum Gasteiger partial charge on any atom is -0.337 e. The Balaban J connectivity index is 1.22. The van der Waals surface area contributed by atoms with Crippen molar-refractivity contribution >= 4 is 43.7 Å². The normalized spacial score (nSPS) is 11.7. The number of hydrogen-bond acceptors (Lipinski definition) is 8. The number of anilines is 1. The number of pyridine rings is 3. The lowest BCUT2D eigenvalue weighted by molar-refractivity contribution is -0.115. The van der Waals surface area contributed by atoms with E-state index in [1.807, 2.05) is 30.3 Å². The molecule has 12 nitrogen and oxygen atoms in total. The highest BCUT2D eigenvalue weighted by molar-refractivity contribution is 7.88. The molecule has 0 fully saturated rings. The lowest BCUT2D eigenvalue weighted by Gasteiger charge is -2.08. The Morgan fingerprint density at radius 2 is 1.77 bits per heavy atom. The van der Waals surface area contributed by atoms with Crippen LogP contribution in [0.15, 0.2) is 85.5 Å². The Morgan fingerprint density at radius 1 is 0.938 bits per heavy atom. The van der Waals surface area contributed by atoms with Crippen LogP contribution in [0.1, 0.15) is 11.1 Å². The molecule has 0 aliphatic carbocycles. The second-order valence-corrected chi connectivity index (χ2v) is 12.9. The quantitative estimate of drug-likeness (QED) is 0.164. The molecule has 0 saturated heterocycles. The van der Waals surface area contributed by atoms with Gasteiger partial charge in [-0.25, -0.2) is 31.9 Å². The molecule has 240 valence electrons. The molecule has 7 aromatic rings. The van der Waals surface area contributed by atoms with Crippen molar-refractivity contribution in [3.8, 4) is 33.9 Å². The zero-order chi connectivity index (χ0) is 33.4. The summed E-state index contributed by atoms with van der Waals surface area (Å²) in [5.74, 6) is -1.23. The van der Waals surface area contributed by atoms with Crippen LogP contribution in [0.2, 0.25) is 0 Å². The van der Waals surface area contributed by atoms with E-state index in [1.165, 1.54) is 36.9 Å². The van der Waals surface area contributed by atoms with E-state index in [9.17, 15) is 17.6 Å². The molecule has 0 bridgehead atoms. The van der Waals surface area contributed by atoms with Gasteiger partial charge in [-0.3, -0.25) is 19.9 Å². The fraction of sp³-hybridized carbons (Fsp3) is 0.0909. The second kappa shape index (κ2) is 12.4. The maximum absolute atomic E-state index is 16.3. The van der Waals surface area contributed by atoms with Gasteiger partial charge in [-0.15, -0.1) is 0 Å². The maximum Gasteiger partial charge on any atom is 0.228 e. The Morgan fingerprint density at radius 3 is 2.58 bits per heavy atom. The van der Waals surface area contributed by atoms with Gasteiger partial charge in [0, 0.05) is 41.8 Å². The third-order valence-corrected chi connectivity index (χ3v) is 8.14. The first-order valence-corrected chi connectivity index (χ1v) is 16.4. The Hall–Kier alpha value is -5.93. The highest BCUT2D eigenvalue weighted by Gasteiger charge is 2.22. The number of amides is 1. The fourth-order valence-electron chi connectivity index (χ4n) is 5.33. The molecule has 4 N–H and O–H groups in total. The first-order valence-electron chi connectivity index (χ1n) is 14.5. The van der Waals surface area contributed by atoms with Gasteiger partial charge in [0.15, 0.2) is 11.5 Å². The number of aromatic amines is 2. The van der Waals surface area contributed by atoms with Crippen LogP contribution >= 0.6 is 0 Å². The summed E-state index contributed by atoms with van der Waals surface area (Å²) in [6.07, 6.45) is 6.99. The van der Waals surface area contributed by atoms with Crippen molar-refractivity contribution in [1.29, 1.82) is 0 Å². The standard InChI is InChI=1S/C33H25F2N9O3S/c1-48(46,47)39-14-19-9-20(12-22(34)10-19)29-30-25(7-8-37-29)41-33(42-30)31-27-28(35)24(17-38-32(27)44-43-31)21-13-23(16-36-15-21)40-26(45)11-18-5-3-2-4-6-18/h2-10,12-13,15-17,39H,11,14H2,1H3,(H,40,45)(H,41,42)(H,38,43,44). The van der Waals surface area contributed by atoms with Crippen molar-refractivity contribution in [3.63, 3.8) is 0 Å². The molecule has 0 aliphatic rings. The smallest absolute Gasteiger partial charge is 0.228 e. The van der Waals surface area contributed by atoms with E-state index < -0.39 is 21.7 Å². The number of benzene rings is 2. The molecule has 0 radical (unpaired) electrons. The number of nitrogens with zero attached hydrogens (tertiary/aromatic N) is 5. The largest absolute Gasteiger partial charge is 0.337 e. The van der Waals surface area contributed by atoms with Crippen molar-refractivity contribution < 1.29 is 22.0 Å². The minimum atomic E-state index is -3.50. The number of fused-ring (bicyclic) bond motifs is 2. The molecule has 0 spiro atoms. The average Bonchev–Trinajstić information content (AvgIpc) is 3.69. The summed E-state index contributed by atoms with van der Waals surface area (Å²) in [4.78, 5) is 33.4. The molecule has 5 aromatic heterocycles. The van der Waals surface area contributed by atoms with E-state index in [0.717, 1.165) is 11.8 Å². The zero-order valence-electron chi connectivity index (χ0n) is 25.1. The third kappa shape index (κ3) is 6.36. The second-order valence-electron chi connectivity index (χ2n) is 11.0. The number of imidazole rings is 1. The minimum absolute atomic E-state index is 0.0690. The fourth-order valence-corrected chi connectivity index (χ4v) is 5.76. The molecule has 0 aliphatic heterocycles. The van der Waals surface area contributed by atoms with E-state index in [0.29, 0.717) is 39.1 Å². The predicted molar refractivity (Wildman–Crippen MR) is 176 cm³/mol. The Kier molecular flexibility index (Phi) is 7.90. The number of nitrogens with one attached hydrogen (secondary N) is 4. The van der Waals surface area contributed by atoms with Gasteiger partial charge in [0.25, 0.3) is 0 Å². The SMILES string of the molecule is CS(=O)(=O)NCc1cc(F)cc(-c2nccc3[nH]c(-c4[nH]nc5ncc(-c6cncc(NC(=O)Cc7ccccc7)c6)c(F)c45)nc23)c1. The van der Waals surface area contributed by atoms with Gasteiger partial charge in [0.2, 0.25) is 15.9 Å². The predicted octanol–water partition coefficient (Wildman–Crippen LogP) is 5.13. The van der Waals surface area contributed by atoms with Crippen LogP contribution in [0.5, 0.6) is 0 Å². The number of carbonyl (C=O) groups excluding carboxylic acids is 1. The molecular weight excluding hydrogens is 640 g/mol. The van der Waals surface area contributed by atoms with Gasteiger partial charge >= 0.3 is 0 Å². The van der Waals surface area contributed by atoms with Crippen LogP contribution in [0, 0.1) is 11.6 Å². The molecule has 5 heterocycles. The van der Waals surface area contributed by atoms with Crippen molar-refractivity contribution in [1.82, 2.24) is 39.8 Å². The topological polar surface area (TPSA) is 171 Å². The third-order valence-electron chi connectivity index (χ3n) is 7.47. The summed E-state index contributed by atoms with van der Waals surface area (Å²) in [7, 11) is -3.50. The molecule has 0 unspecified atom stereocenters. The Labute approximate surface area is 271 Å². The van der Waals surface area contributed by atoms with Crippen molar-refractivity contribution in [2.24, 2.45) is 0 Å². The van der Waals surface area contributed by atoms with Gasteiger partial charge in [-0.1, -0.05) is 30.3 Å². The van der Waals surface area contributed by atoms with Crippen LogP contribution in [0.4, 0.5) is 14.5 Å². The monoisotopic (exact) mass is 665 g/mol. The molecule has 0 saturated carbocycles. The lowest BCUT2D eigenvalue weighted by atomic mass is 10.1. The highest BCUT2D eigenvalue weighted by atomic mass is 32.2. The van der Waals surface area contributed by atoms with Gasteiger partial charge < -0.3 is 10.3 Å². The molecule has 48 heavy (non-hydrogen) atoms. The molecule has 0 atom stereocenters. The molecular formula is C33H25F2N9O3S. The number of halogens is 2. The molecule has 1 amide bonds. The number of hydrogen-bond donors (Lipinski definition) is 4. The van der Waals surface area contributed by atoms with E-state index in [1.54, 1.807) is 18.2 Å². The number of carbonyl (C=O) groups is 1. The molecule has 7 rings (SSSR count). The molecule has 15 heteroatoms. The van der Waals surface area contributed by atoms with E-state index in [4.69, 9.17) is 0 Å². The number of H-pyrrole nitrogens is 2. The van der Waals surface area contributed by atoms with Gasteiger partial charge in [0.1, 0.15) is 22.8 Å². The van der Waals surface area contributed by atoms with Crippen LogP contribution in [0.25, 0.3) is 56.0 Å². The zero-order valence-corrected chi connectivity index (χ0v) is 25.9. The van der Waals surface area contributed by atoms with E-state index >= 15 is 4.39 Å². The first-order chi connectivity index (χ1) is 23.1. The number of rotatable bonds is 9. The summed E-state index contributed by atoms with van der Waals surface area (Å²) in [5.41, 5.74) is 4.08. The molecule has 2 aromatic carbocycles. The summed E-state index contributed by atoms with van der Waals surface area (Å²) in [5, 5.41) is 9.86. The highest BCUT2D eigenvalue weighted by Crippen LogP contribution is 2.34. The average molecular weight is 666 g/mol. The number of aromatic nitrogens is 7. The van der Waals surface area contributed by atoms with Crippen LogP contribution < -0.4 is 10.0 Å². The van der Waals surface area contributed by atoms with Gasteiger partial charge in [-0.05, 0) is 41.5 Å². The van der Waals surface area contributed by atoms with Crippen LogP contribution in [-0.2, 0) is 27.8 Å². The summed E-state index contributed by atoms with van der Waals surface area (Å²) in [6, 6.07) is 16.7. The summed E-state index contributed by atoms with van der Waals surface area (Å²) >= 11 is 0. The van der Waals surface area contributed by atoms with Crippen molar-refractivity contribution in [2.45, 2.75) is 13.0 Å². The first kappa shape index (κ1) is 30.7. The summed E-state index contributed by atoms with van der Waals surface area (Å²) < 4.78 is 56.4. The van der Waals surface area contributed by atoms with Crippen molar-refractivity contribution in [3.05, 3.63) is 108 Å². The van der Waals surface area contributed by atoms with Gasteiger partial charge in [0.05, 0.1) is 41.2 Å². The Bertz CT molecular complexity index is 2450. The lowest BCUT2D eigenvalue weighted by Crippen LogP contribution is -2.21. The summed E-state index contributed by atoms with van der Waals surface area (Å²) in [6.45, 7) is -0.112. The van der Waals surface area contributed by atoms with Crippen molar-refractivity contribution in [2.75, 3.05) is 11.6 Å². The van der Waals surface area contributed by atoms with E-state index in [2.05, 4.69) is 45.2 Å².